The van der Waals surface area contributed by atoms with E-state index in [1.807, 2.05) is 24.3 Å². The van der Waals surface area contributed by atoms with Gasteiger partial charge in [-0.1, -0.05) is 12.1 Å². The maximum Gasteiger partial charge on any atom is 0.292 e. The molecule has 1 aliphatic heterocycles. The Morgan fingerprint density at radius 1 is 1.32 bits per heavy atom. The topological polar surface area (TPSA) is 97.0 Å². The van der Waals surface area contributed by atoms with Crippen molar-refractivity contribution >= 4 is 27.5 Å². The zero-order valence-electron chi connectivity index (χ0n) is 17.3. The fourth-order valence-electron chi connectivity index (χ4n) is 3.76. The van der Waals surface area contributed by atoms with E-state index in [2.05, 4.69) is 24.9 Å². The van der Waals surface area contributed by atoms with Gasteiger partial charge in [-0.25, -0.2) is 21.2 Å². The second-order valence-electron chi connectivity index (χ2n) is 7.99. The van der Waals surface area contributed by atoms with Gasteiger partial charge >= 0.3 is 0 Å². The van der Waals surface area contributed by atoms with E-state index >= 15 is 0 Å². The molecule has 0 aliphatic carbocycles. The highest BCUT2D eigenvalue weighted by Crippen LogP contribution is 2.38. The number of aryl methyl sites for hydroxylation is 1. The molecule has 1 aromatic carbocycles. The van der Waals surface area contributed by atoms with Gasteiger partial charge in [-0.05, 0) is 12.1 Å². The van der Waals surface area contributed by atoms with Gasteiger partial charge < -0.3 is 14.7 Å². The van der Waals surface area contributed by atoms with Gasteiger partial charge in [-0.3, -0.25) is 4.79 Å². The Kier molecular flexibility index (Phi) is 4.37. The van der Waals surface area contributed by atoms with Gasteiger partial charge in [-0.2, -0.15) is 4.98 Å². The lowest BCUT2D eigenvalue weighted by Crippen LogP contribution is -2.41. The summed E-state index contributed by atoms with van der Waals surface area (Å²) in [5.74, 6) is 0.291. The number of amides is 1. The summed E-state index contributed by atoms with van der Waals surface area (Å²) in [6, 6.07) is 7.52. The predicted octanol–water partition coefficient (Wildman–Crippen LogP) is 3.09. The van der Waals surface area contributed by atoms with Crippen LogP contribution in [-0.2, 0) is 19.0 Å². The van der Waals surface area contributed by atoms with Gasteiger partial charge in [-0.15, -0.1) is 16.4 Å². The van der Waals surface area contributed by atoms with Crippen LogP contribution < -0.4 is 0 Å². The van der Waals surface area contributed by atoms with Crippen LogP contribution in [-0.4, -0.2) is 47.1 Å². The second-order valence-corrected chi connectivity index (χ2v) is 9.05. The first-order valence-corrected chi connectivity index (χ1v) is 10.7. The van der Waals surface area contributed by atoms with E-state index in [0.717, 1.165) is 26.6 Å². The molecule has 1 N–H and O–H groups in total. The molecule has 0 radical (unpaired) electrons. The van der Waals surface area contributed by atoms with Crippen molar-refractivity contribution in [2.24, 2.45) is 7.05 Å². The van der Waals surface area contributed by atoms with Gasteiger partial charge in [0.2, 0.25) is 11.6 Å². The number of para-hydroxylation sites is 1. The molecule has 3 aromatic heterocycles. The summed E-state index contributed by atoms with van der Waals surface area (Å²) in [6.45, 7) is 11.4. The van der Waals surface area contributed by atoms with E-state index in [-0.39, 0.29) is 11.7 Å². The summed E-state index contributed by atoms with van der Waals surface area (Å²) in [5.41, 5.74) is 1.82. The zero-order chi connectivity index (χ0) is 21.8. The van der Waals surface area contributed by atoms with Crippen LogP contribution in [0.15, 0.2) is 30.6 Å². The van der Waals surface area contributed by atoms with E-state index in [9.17, 15) is 4.79 Å². The lowest BCUT2D eigenvalue weighted by Gasteiger charge is -2.33. The summed E-state index contributed by atoms with van der Waals surface area (Å²) in [6.07, 6.45) is 2.33. The maximum absolute atomic E-state index is 13.6. The largest absolute Gasteiger partial charge is 0.348 e. The number of nitrogens with zero attached hydrogens (tertiary/aromatic N) is 7. The number of hydrogen-bond donors (Lipinski definition) is 1. The van der Waals surface area contributed by atoms with Gasteiger partial charge in [0.05, 0.1) is 22.2 Å². The average molecular weight is 433 g/mol. The third-order valence-electron chi connectivity index (χ3n) is 5.51. The SMILES string of the molecule is [C-]#[N+]C(C)(C)c1nc(C(=O)N2CCc3[nH]cnc3[C@H]2c2nc3ccccc3s2)n(C)n1. The number of nitrogens with one attached hydrogen (secondary N) is 1. The molecule has 4 heterocycles. The fourth-order valence-corrected chi connectivity index (χ4v) is 4.85. The number of thiazole rings is 1. The number of aromatic amines is 1. The molecule has 156 valence electrons. The molecule has 0 bridgehead atoms. The van der Waals surface area contributed by atoms with E-state index in [4.69, 9.17) is 11.6 Å². The van der Waals surface area contributed by atoms with E-state index in [1.165, 1.54) is 4.68 Å². The molecule has 4 aromatic rings. The van der Waals surface area contributed by atoms with Crippen LogP contribution in [0.1, 0.15) is 52.7 Å². The van der Waals surface area contributed by atoms with Crippen molar-refractivity contribution in [3.05, 3.63) is 70.1 Å². The van der Waals surface area contributed by atoms with Gasteiger partial charge in [0.1, 0.15) is 11.0 Å². The number of fused-ring (bicyclic) bond motifs is 2. The third kappa shape index (κ3) is 3.09. The molecule has 10 heteroatoms. The van der Waals surface area contributed by atoms with E-state index < -0.39 is 11.6 Å². The van der Waals surface area contributed by atoms with E-state index in [1.54, 1.807) is 43.5 Å². The molecule has 31 heavy (non-hydrogen) atoms. The fraction of sp³-hybridized carbons (Fsp3) is 0.333. The Bertz CT molecular complexity index is 1310. The van der Waals surface area contributed by atoms with Crippen molar-refractivity contribution in [3.63, 3.8) is 0 Å². The zero-order valence-corrected chi connectivity index (χ0v) is 18.1. The molecule has 9 nitrogen and oxygen atoms in total. The van der Waals surface area contributed by atoms with Crippen molar-refractivity contribution in [2.45, 2.75) is 31.8 Å². The summed E-state index contributed by atoms with van der Waals surface area (Å²) < 4.78 is 2.52. The average Bonchev–Trinajstić information content (AvgIpc) is 3.49. The lowest BCUT2D eigenvalue weighted by molar-refractivity contribution is 0.0672. The monoisotopic (exact) mass is 432 g/mol. The number of carbonyl (C=O) groups is 1. The van der Waals surface area contributed by atoms with Crippen molar-refractivity contribution < 1.29 is 4.79 Å². The Morgan fingerprint density at radius 2 is 2.13 bits per heavy atom. The van der Waals surface area contributed by atoms with Crippen molar-refractivity contribution in [1.29, 1.82) is 0 Å². The van der Waals surface area contributed by atoms with Crippen molar-refractivity contribution in [3.8, 4) is 0 Å². The Labute approximate surface area is 182 Å². The molecule has 0 saturated heterocycles. The summed E-state index contributed by atoms with van der Waals surface area (Å²) >= 11 is 1.56. The first-order chi connectivity index (χ1) is 14.9. The van der Waals surface area contributed by atoms with Crippen molar-refractivity contribution in [2.75, 3.05) is 6.54 Å². The van der Waals surface area contributed by atoms with Gasteiger partial charge in [0.15, 0.2) is 0 Å². The first kappa shape index (κ1) is 19.4. The summed E-state index contributed by atoms with van der Waals surface area (Å²) in [7, 11) is 1.68. The molecular formula is C21H20N8OS. The normalized spacial score (nSPS) is 16.3. The molecule has 1 atom stereocenters. The van der Waals surface area contributed by atoms with Crippen molar-refractivity contribution in [1.82, 2.24) is 34.6 Å². The standard InChI is InChI=1S/C21H20N8OS/c1-21(2,22-3)20-26-17(28(4)27-20)19(30)29-10-9-13-15(24-11-23-13)16(29)18-25-12-7-5-6-8-14(12)31-18/h5-8,11,16H,9-10H2,1-2,4H3,(H,23,24)/t16-/m0/s1. The van der Waals surface area contributed by atoms with Crippen LogP contribution in [0, 0.1) is 6.57 Å². The van der Waals surface area contributed by atoms with Crippen LogP contribution >= 0.6 is 11.3 Å². The quantitative estimate of drug-likeness (QED) is 0.502. The highest BCUT2D eigenvalue weighted by molar-refractivity contribution is 7.18. The highest BCUT2D eigenvalue weighted by atomic mass is 32.1. The molecule has 5 rings (SSSR count). The number of imidazole rings is 1. The molecular weight excluding hydrogens is 412 g/mol. The Balaban J connectivity index is 1.59. The minimum absolute atomic E-state index is 0.205. The number of rotatable bonds is 3. The lowest BCUT2D eigenvalue weighted by atomic mass is 10.0. The number of aromatic nitrogens is 6. The number of H-pyrrole nitrogens is 1. The van der Waals surface area contributed by atoms with Gasteiger partial charge in [0, 0.05) is 39.6 Å². The molecule has 0 fully saturated rings. The van der Waals surface area contributed by atoms with Crippen LogP contribution in [0.4, 0.5) is 0 Å². The van der Waals surface area contributed by atoms with Crippen LogP contribution in [0.25, 0.3) is 15.1 Å². The first-order valence-electron chi connectivity index (χ1n) is 9.88. The number of hydrogen-bond acceptors (Lipinski definition) is 6. The minimum atomic E-state index is -0.903. The molecule has 0 spiro atoms. The summed E-state index contributed by atoms with van der Waals surface area (Å²) in [4.78, 5) is 36.0. The van der Waals surface area contributed by atoms with Crippen LogP contribution in [0.5, 0.6) is 0 Å². The Hall–Kier alpha value is -3.58. The molecule has 0 unspecified atom stereocenters. The Morgan fingerprint density at radius 3 is 2.90 bits per heavy atom. The van der Waals surface area contributed by atoms with E-state index in [0.29, 0.717) is 18.8 Å². The molecule has 1 amide bonds. The highest BCUT2D eigenvalue weighted by Gasteiger charge is 2.40. The summed E-state index contributed by atoms with van der Waals surface area (Å²) in [5, 5.41) is 5.16. The van der Waals surface area contributed by atoms with Crippen LogP contribution in [0.2, 0.25) is 0 Å². The molecule has 1 aliphatic rings. The smallest absolute Gasteiger partial charge is 0.292 e. The minimum Gasteiger partial charge on any atom is -0.348 e. The number of benzene rings is 1. The molecule has 0 saturated carbocycles. The second kappa shape index (κ2) is 6.99. The van der Waals surface area contributed by atoms with Gasteiger partial charge in [0.25, 0.3) is 11.4 Å². The van der Waals surface area contributed by atoms with Crippen LogP contribution in [0.3, 0.4) is 0 Å². The predicted molar refractivity (Wildman–Crippen MR) is 115 cm³/mol. The number of carbonyl (C=O) groups excluding carboxylic acids is 1. The maximum atomic E-state index is 13.6. The third-order valence-corrected chi connectivity index (χ3v) is 6.60.